The lowest BCUT2D eigenvalue weighted by molar-refractivity contribution is 0.0953. The lowest BCUT2D eigenvalue weighted by atomic mass is 9.88. The molecular formula is C24H18O3S2. The third-order valence-corrected chi connectivity index (χ3v) is 7.68. The number of Topliss-reactive ketones (excluding diaryl/α,β-unsaturated/α-hetero) is 1. The van der Waals surface area contributed by atoms with E-state index in [1.807, 2.05) is 19.1 Å². The molecule has 0 saturated carbocycles. The van der Waals surface area contributed by atoms with Crippen molar-refractivity contribution < 1.29 is 15.0 Å². The quantitative estimate of drug-likeness (QED) is 0.351. The number of ketones is 1. The highest BCUT2D eigenvalue weighted by Gasteiger charge is 2.30. The molecule has 3 nitrogen and oxygen atoms in total. The number of aromatic hydroxyl groups is 2. The van der Waals surface area contributed by atoms with Crippen LogP contribution in [0.3, 0.4) is 0 Å². The molecule has 0 amide bonds. The predicted molar refractivity (Wildman–Crippen MR) is 119 cm³/mol. The Balaban J connectivity index is 1.67. The average molecular weight is 419 g/mol. The molecule has 144 valence electrons. The second-order valence-corrected chi connectivity index (χ2v) is 9.33. The van der Waals surface area contributed by atoms with E-state index < -0.39 is 0 Å². The van der Waals surface area contributed by atoms with E-state index in [9.17, 15) is 15.0 Å². The summed E-state index contributed by atoms with van der Waals surface area (Å²) in [7, 11) is 0. The van der Waals surface area contributed by atoms with Crippen molar-refractivity contribution in [2.75, 3.05) is 0 Å². The summed E-state index contributed by atoms with van der Waals surface area (Å²) in [6, 6.07) is 19.7. The van der Waals surface area contributed by atoms with Crippen molar-refractivity contribution in [1.82, 2.24) is 0 Å². The minimum atomic E-state index is -0.265. The van der Waals surface area contributed by atoms with Gasteiger partial charge in [-0.05, 0) is 53.3 Å². The van der Waals surface area contributed by atoms with Crippen molar-refractivity contribution in [3.8, 4) is 21.9 Å². The zero-order chi connectivity index (χ0) is 20.1. The summed E-state index contributed by atoms with van der Waals surface area (Å²) >= 11 is 3.23. The summed E-state index contributed by atoms with van der Waals surface area (Å²) < 4.78 is 1.25. The van der Waals surface area contributed by atoms with Crippen molar-refractivity contribution in [2.24, 2.45) is 0 Å². The van der Waals surface area contributed by atoms with Gasteiger partial charge < -0.3 is 10.2 Å². The molecule has 0 radical (unpaired) electrons. The Kier molecular flexibility index (Phi) is 4.37. The molecule has 5 rings (SSSR count). The monoisotopic (exact) mass is 418 g/mol. The maximum absolute atomic E-state index is 13.2. The van der Waals surface area contributed by atoms with Gasteiger partial charge in [-0.2, -0.15) is 0 Å². The van der Waals surface area contributed by atoms with Crippen LogP contribution in [0.1, 0.15) is 35.2 Å². The smallest absolute Gasteiger partial charge is 0.171 e. The van der Waals surface area contributed by atoms with Crippen LogP contribution in [0, 0.1) is 0 Å². The van der Waals surface area contributed by atoms with Crippen molar-refractivity contribution >= 4 is 39.0 Å². The second kappa shape index (κ2) is 6.94. The molecule has 2 N–H and O–H groups in total. The van der Waals surface area contributed by atoms with Crippen molar-refractivity contribution in [3.05, 3.63) is 71.8 Å². The van der Waals surface area contributed by atoms with E-state index in [0.717, 1.165) is 16.0 Å². The summed E-state index contributed by atoms with van der Waals surface area (Å²) in [5.74, 6) is -0.747. The van der Waals surface area contributed by atoms with Gasteiger partial charge in [0.15, 0.2) is 17.3 Å². The summed E-state index contributed by atoms with van der Waals surface area (Å²) in [5, 5.41) is 21.1. The minimum Gasteiger partial charge on any atom is -0.504 e. The van der Waals surface area contributed by atoms with E-state index in [1.54, 1.807) is 11.3 Å². The van der Waals surface area contributed by atoms with Gasteiger partial charge in [0.05, 0.1) is 0 Å². The van der Waals surface area contributed by atoms with Crippen LogP contribution in [-0.2, 0) is 0 Å². The fourth-order valence-corrected chi connectivity index (χ4v) is 6.13. The highest BCUT2D eigenvalue weighted by molar-refractivity contribution is 7.99. The summed E-state index contributed by atoms with van der Waals surface area (Å²) in [6.45, 7) is 2.00. The summed E-state index contributed by atoms with van der Waals surface area (Å²) in [6.07, 6.45) is 0.676. The molecule has 1 atom stereocenters. The van der Waals surface area contributed by atoms with Crippen molar-refractivity contribution in [3.63, 3.8) is 0 Å². The molecule has 0 fully saturated rings. The molecule has 4 aromatic rings. The van der Waals surface area contributed by atoms with Crippen LogP contribution >= 0.6 is 23.1 Å². The highest BCUT2D eigenvalue weighted by atomic mass is 32.2. The fraction of sp³-hybridized carbons (Fsp3) is 0.125. The van der Waals surface area contributed by atoms with Crippen LogP contribution in [0.2, 0.25) is 0 Å². The Hall–Kier alpha value is -2.76. The summed E-state index contributed by atoms with van der Waals surface area (Å²) in [4.78, 5) is 16.0. The largest absolute Gasteiger partial charge is 0.504 e. The molecule has 2 heterocycles. The first-order valence-corrected chi connectivity index (χ1v) is 11.1. The van der Waals surface area contributed by atoms with E-state index in [2.05, 4.69) is 36.4 Å². The van der Waals surface area contributed by atoms with E-state index in [4.69, 9.17) is 0 Å². The number of hydrogen-bond acceptors (Lipinski definition) is 5. The molecule has 0 aliphatic carbocycles. The van der Waals surface area contributed by atoms with Gasteiger partial charge in [0.25, 0.3) is 0 Å². The van der Waals surface area contributed by atoms with Crippen molar-refractivity contribution in [1.29, 1.82) is 0 Å². The SMILES string of the molecule is CCC1C(=O)c2cc(O)c(O)cc2Sc2cc(-c3cc4ccccc4s3)ccc21. The zero-order valence-corrected chi connectivity index (χ0v) is 17.3. The first-order chi connectivity index (χ1) is 14.0. The molecule has 0 spiro atoms. The third kappa shape index (κ3) is 3.02. The molecule has 1 aromatic heterocycles. The van der Waals surface area contributed by atoms with Gasteiger partial charge in [0, 0.05) is 30.8 Å². The normalized spacial score (nSPS) is 15.8. The lowest BCUT2D eigenvalue weighted by Crippen LogP contribution is -2.12. The number of fused-ring (bicyclic) bond motifs is 3. The average Bonchev–Trinajstić information content (AvgIpc) is 3.12. The molecule has 0 saturated heterocycles. The van der Waals surface area contributed by atoms with Gasteiger partial charge in [-0.15, -0.1) is 11.3 Å². The van der Waals surface area contributed by atoms with Crippen LogP contribution < -0.4 is 0 Å². The van der Waals surface area contributed by atoms with Crippen LogP contribution in [-0.4, -0.2) is 16.0 Å². The van der Waals surface area contributed by atoms with Crippen LogP contribution in [0.4, 0.5) is 0 Å². The van der Waals surface area contributed by atoms with Gasteiger partial charge in [-0.1, -0.05) is 49.0 Å². The van der Waals surface area contributed by atoms with Gasteiger partial charge >= 0.3 is 0 Å². The maximum atomic E-state index is 13.2. The van der Waals surface area contributed by atoms with Gasteiger partial charge in [-0.25, -0.2) is 0 Å². The molecule has 1 unspecified atom stereocenters. The Bertz CT molecular complexity index is 1240. The number of thiophene rings is 1. The lowest BCUT2D eigenvalue weighted by Gasteiger charge is -2.15. The van der Waals surface area contributed by atoms with Gasteiger partial charge in [-0.3, -0.25) is 4.79 Å². The molecule has 29 heavy (non-hydrogen) atoms. The number of carbonyl (C=O) groups excluding carboxylic acids is 1. The van der Waals surface area contributed by atoms with Crippen LogP contribution in [0.25, 0.3) is 20.5 Å². The number of phenolic OH excluding ortho intramolecular Hbond substituents is 2. The second-order valence-electron chi connectivity index (χ2n) is 7.17. The minimum absolute atomic E-state index is 0.0151. The van der Waals surface area contributed by atoms with Crippen molar-refractivity contribution in [2.45, 2.75) is 29.1 Å². The molecule has 1 aliphatic heterocycles. The van der Waals surface area contributed by atoms with E-state index in [0.29, 0.717) is 16.9 Å². The molecule has 5 heteroatoms. The number of rotatable bonds is 2. The highest BCUT2D eigenvalue weighted by Crippen LogP contribution is 2.47. The molecule has 3 aromatic carbocycles. The standard InChI is InChI=1S/C24H18O3S2/c1-2-15-16-8-7-14(21-9-13-5-3-4-6-20(13)28-21)10-22(16)29-23-12-19(26)18(25)11-17(23)24(15)27/h3-12,15,25-26H,2H2,1H3. The fourth-order valence-electron chi connectivity index (χ4n) is 3.88. The Morgan fingerprint density at radius 3 is 2.52 bits per heavy atom. The van der Waals surface area contributed by atoms with E-state index >= 15 is 0 Å². The first kappa shape index (κ1) is 18.3. The van der Waals surface area contributed by atoms with E-state index in [1.165, 1.54) is 38.9 Å². The Labute approximate surface area is 176 Å². The molecular weight excluding hydrogens is 400 g/mol. The predicted octanol–water partition coefficient (Wildman–Crippen LogP) is 6.82. The maximum Gasteiger partial charge on any atom is 0.171 e. The third-order valence-electron chi connectivity index (χ3n) is 5.39. The molecule has 0 bridgehead atoms. The summed E-state index contributed by atoms with van der Waals surface area (Å²) in [5.41, 5.74) is 2.59. The van der Waals surface area contributed by atoms with Crippen LogP contribution in [0.5, 0.6) is 11.5 Å². The van der Waals surface area contributed by atoms with Gasteiger partial charge in [0.1, 0.15) is 0 Å². The number of hydrogen-bond donors (Lipinski definition) is 2. The first-order valence-electron chi connectivity index (χ1n) is 9.46. The van der Waals surface area contributed by atoms with E-state index in [-0.39, 0.29) is 23.2 Å². The molecule has 1 aliphatic rings. The topological polar surface area (TPSA) is 57.5 Å². The van der Waals surface area contributed by atoms with Gasteiger partial charge in [0.2, 0.25) is 0 Å². The Morgan fingerprint density at radius 2 is 1.72 bits per heavy atom. The van der Waals surface area contributed by atoms with Crippen LogP contribution in [0.15, 0.2) is 70.5 Å². The number of carbonyl (C=O) groups is 1. The number of phenols is 2. The number of benzene rings is 3. The Morgan fingerprint density at radius 1 is 0.931 bits per heavy atom. The zero-order valence-electron chi connectivity index (χ0n) is 15.7.